The number of alkyl halides is 3. The first kappa shape index (κ1) is 20.3. The Bertz CT molecular complexity index is 844. The number of hydrogen-bond donors (Lipinski definition) is 2. The zero-order chi connectivity index (χ0) is 19.7. The SMILES string of the molecule is CC(C)(C)n1ncc(NC[C@@H](O)c2ccccc2C(F)(F)F)c(Cl)c1=O. The Morgan fingerprint density at radius 3 is 2.46 bits per heavy atom. The van der Waals surface area contributed by atoms with Crippen LogP contribution in [0.5, 0.6) is 0 Å². The Hall–Kier alpha value is -2.06. The molecule has 0 amide bonds. The molecule has 1 aromatic carbocycles. The highest BCUT2D eigenvalue weighted by molar-refractivity contribution is 6.32. The van der Waals surface area contributed by atoms with Gasteiger partial charge < -0.3 is 10.4 Å². The van der Waals surface area contributed by atoms with Gasteiger partial charge in [0.05, 0.1) is 29.1 Å². The molecule has 5 nitrogen and oxygen atoms in total. The van der Waals surface area contributed by atoms with Crippen LogP contribution in [0, 0.1) is 0 Å². The van der Waals surface area contributed by atoms with Gasteiger partial charge in [0.1, 0.15) is 5.02 Å². The standard InChI is InChI=1S/C17H19ClF3N3O2/c1-16(2,3)24-15(26)14(18)12(8-23-24)22-9-13(25)10-6-4-5-7-11(10)17(19,20)21/h4-8,13,22,25H,9H2,1-3H3/t13-/m1/s1. The Balaban J connectivity index is 2.23. The van der Waals surface area contributed by atoms with Crippen molar-refractivity contribution >= 4 is 17.3 Å². The van der Waals surface area contributed by atoms with Gasteiger partial charge in [0.2, 0.25) is 0 Å². The van der Waals surface area contributed by atoms with E-state index in [0.717, 1.165) is 6.07 Å². The van der Waals surface area contributed by atoms with Crippen molar-refractivity contribution in [2.45, 2.75) is 38.6 Å². The lowest BCUT2D eigenvalue weighted by atomic mass is 10.0. The van der Waals surface area contributed by atoms with Crippen LogP contribution in [-0.4, -0.2) is 21.4 Å². The highest BCUT2D eigenvalue weighted by Gasteiger charge is 2.34. The molecule has 2 aromatic rings. The van der Waals surface area contributed by atoms with E-state index in [-0.39, 0.29) is 22.8 Å². The van der Waals surface area contributed by atoms with E-state index < -0.39 is 28.9 Å². The summed E-state index contributed by atoms with van der Waals surface area (Å²) in [6.07, 6.45) is -4.73. The Morgan fingerprint density at radius 2 is 1.88 bits per heavy atom. The molecule has 1 aromatic heterocycles. The van der Waals surface area contributed by atoms with Crippen molar-refractivity contribution < 1.29 is 18.3 Å². The summed E-state index contributed by atoms with van der Waals surface area (Å²) >= 11 is 6.04. The average Bonchev–Trinajstić information content (AvgIpc) is 2.54. The molecule has 0 unspecified atom stereocenters. The van der Waals surface area contributed by atoms with Crippen LogP contribution in [0.3, 0.4) is 0 Å². The number of nitrogens with one attached hydrogen (secondary N) is 1. The summed E-state index contributed by atoms with van der Waals surface area (Å²) in [5, 5.41) is 16.7. The maximum atomic E-state index is 13.0. The van der Waals surface area contributed by atoms with Crippen LogP contribution in [-0.2, 0) is 11.7 Å². The maximum Gasteiger partial charge on any atom is 0.416 e. The molecule has 0 saturated heterocycles. The van der Waals surface area contributed by atoms with Crippen molar-refractivity contribution in [3.05, 3.63) is 57.0 Å². The summed E-state index contributed by atoms with van der Waals surface area (Å²) in [6.45, 7) is 5.07. The number of benzene rings is 1. The van der Waals surface area contributed by atoms with Gasteiger partial charge >= 0.3 is 6.18 Å². The third-order valence-corrected chi connectivity index (χ3v) is 4.03. The predicted molar refractivity (Wildman–Crippen MR) is 93.4 cm³/mol. The zero-order valence-corrected chi connectivity index (χ0v) is 15.2. The minimum atomic E-state index is -4.58. The third-order valence-electron chi connectivity index (χ3n) is 3.67. The summed E-state index contributed by atoms with van der Waals surface area (Å²) in [7, 11) is 0. The molecule has 0 bridgehead atoms. The molecule has 0 spiro atoms. The van der Waals surface area contributed by atoms with Gasteiger partial charge in [-0.1, -0.05) is 29.8 Å². The molecule has 0 fully saturated rings. The van der Waals surface area contributed by atoms with Gasteiger partial charge in [0.25, 0.3) is 5.56 Å². The van der Waals surface area contributed by atoms with E-state index in [1.54, 1.807) is 20.8 Å². The number of halogens is 4. The fourth-order valence-corrected chi connectivity index (χ4v) is 2.59. The van der Waals surface area contributed by atoms with E-state index >= 15 is 0 Å². The van der Waals surface area contributed by atoms with E-state index in [0.29, 0.717) is 0 Å². The van der Waals surface area contributed by atoms with E-state index in [2.05, 4.69) is 10.4 Å². The topological polar surface area (TPSA) is 67.2 Å². The van der Waals surface area contributed by atoms with Crippen LogP contribution < -0.4 is 10.9 Å². The number of aliphatic hydroxyl groups is 1. The van der Waals surface area contributed by atoms with E-state index in [1.807, 2.05) is 0 Å². The van der Waals surface area contributed by atoms with E-state index in [4.69, 9.17) is 11.6 Å². The van der Waals surface area contributed by atoms with Gasteiger partial charge in [-0.3, -0.25) is 4.79 Å². The molecule has 1 atom stereocenters. The van der Waals surface area contributed by atoms with Crippen molar-refractivity contribution in [1.29, 1.82) is 0 Å². The van der Waals surface area contributed by atoms with Gasteiger partial charge in [-0.15, -0.1) is 0 Å². The predicted octanol–water partition coefficient (Wildman–Crippen LogP) is 3.82. The normalized spacial score (nSPS) is 13.5. The number of nitrogens with zero attached hydrogens (tertiary/aromatic N) is 2. The van der Waals surface area contributed by atoms with Gasteiger partial charge in [0, 0.05) is 6.54 Å². The maximum absolute atomic E-state index is 13.0. The van der Waals surface area contributed by atoms with Crippen molar-refractivity contribution in [3.8, 4) is 0 Å². The lowest BCUT2D eigenvalue weighted by molar-refractivity contribution is -0.139. The molecule has 142 valence electrons. The highest BCUT2D eigenvalue weighted by Crippen LogP contribution is 2.34. The van der Waals surface area contributed by atoms with Gasteiger partial charge in [0.15, 0.2) is 0 Å². The van der Waals surface area contributed by atoms with Gasteiger partial charge in [-0.25, -0.2) is 4.68 Å². The van der Waals surface area contributed by atoms with Crippen LogP contribution in [0.1, 0.15) is 38.0 Å². The second kappa shape index (κ2) is 7.28. The quantitative estimate of drug-likeness (QED) is 0.834. The summed E-state index contributed by atoms with van der Waals surface area (Å²) in [5.74, 6) is 0. The van der Waals surface area contributed by atoms with E-state index in [9.17, 15) is 23.1 Å². The van der Waals surface area contributed by atoms with Crippen LogP contribution in [0.2, 0.25) is 5.02 Å². The largest absolute Gasteiger partial charge is 0.416 e. The molecule has 26 heavy (non-hydrogen) atoms. The first-order valence-electron chi connectivity index (χ1n) is 7.79. The van der Waals surface area contributed by atoms with Crippen LogP contribution in [0.15, 0.2) is 35.3 Å². The fraction of sp³-hybridized carbons (Fsp3) is 0.412. The minimum absolute atomic E-state index is 0.140. The lowest BCUT2D eigenvalue weighted by Gasteiger charge is -2.22. The molecule has 0 aliphatic heterocycles. The first-order valence-corrected chi connectivity index (χ1v) is 8.17. The Labute approximate surface area is 153 Å². The molecule has 2 rings (SSSR count). The molecule has 0 aliphatic rings. The summed E-state index contributed by atoms with van der Waals surface area (Å²) in [6, 6.07) is 4.76. The van der Waals surface area contributed by atoms with Crippen molar-refractivity contribution in [2.75, 3.05) is 11.9 Å². The molecule has 2 N–H and O–H groups in total. The molecule has 0 radical (unpaired) electrons. The first-order chi connectivity index (χ1) is 11.9. The third kappa shape index (κ3) is 4.37. The number of aromatic nitrogens is 2. The molecular formula is C17H19ClF3N3O2. The van der Waals surface area contributed by atoms with Crippen molar-refractivity contribution in [2.24, 2.45) is 0 Å². The van der Waals surface area contributed by atoms with Gasteiger partial charge in [-0.2, -0.15) is 18.3 Å². The van der Waals surface area contributed by atoms with Crippen LogP contribution >= 0.6 is 11.6 Å². The van der Waals surface area contributed by atoms with Crippen molar-refractivity contribution in [1.82, 2.24) is 9.78 Å². The molecule has 0 saturated carbocycles. The second-order valence-corrected chi connectivity index (χ2v) is 7.12. The smallest absolute Gasteiger partial charge is 0.387 e. The Morgan fingerprint density at radius 1 is 1.27 bits per heavy atom. The zero-order valence-electron chi connectivity index (χ0n) is 14.4. The van der Waals surface area contributed by atoms with Gasteiger partial charge in [-0.05, 0) is 32.4 Å². The number of aliphatic hydroxyl groups excluding tert-OH is 1. The molecular weight excluding hydrogens is 371 g/mol. The molecule has 1 heterocycles. The number of rotatable bonds is 4. The lowest BCUT2D eigenvalue weighted by Crippen LogP contribution is -2.36. The summed E-state index contributed by atoms with van der Waals surface area (Å²) in [4.78, 5) is 12.3. The monoisotopic (exact) mass is 389 g/mol. The Kier molecular flexibility index (Phi) is 5.67. The molecule has 9 heteroatoms. The number of anilines is 1. The minimum Gasteiger partial charge on any atom is -0.387 e. The van der Waals surface area contributed by atoms with E-state index in [1.165, 1.54) is 29.1 Å². The summed E-state index contributed by atoms with van der Waals surface area (Å²) in [5.41, 5.74) is -2.15. The van der Waals surface area contributed by atoms with Crippen molar-refractivity contribution in [3.63, 3.8) is 0 Å². The summed E-state index contributed by atoms with van der Waals surface area (Å²) < 4.78 is 40.3. The highest BCUT2D eigenvalue weighted by atomic mass is 35.5. The fourth-order valence-electron chi connectivity index (χ4n) is 2.40. The molecule has 0 aliphatic carbocycles. The van der Waals surface area contributed by atoms with Crippen LogP contribution in [0.4, 0.5) is 18.9 Å². The second-order valence-electron chi connectivity index (χ2n) is 6.74. The average molecular weight is 390 g/mol. The number of hydrogen-bond acceptors (Lipinski definition) is 4. The van der Waals surface area contributed by atoms with Crippen LogP contribution in [0.25, 0.3) is 0 Å².